The lowest BCUT2D eigenvalue weighted by Crippen LogP contribution is -2.51. The van der Waals surface area contributed by atoms with E-state index in [-0.39, 0.29) is 0 Å². The van der Waals surface area contributed by atoms with Crippen LogP contribution in [-0.4, -0.2) is 27.2 Å². The minimum absolute atomic E-state index is 0.445. The summed E-state index contributed by atoms with van der Waals surface area (Å²) >= 11 is 24.6. The molecule has 0 saturated heterocycles. The molecule has 11 heteroatoms. The Balaban J connectivity index is 1.88. The summed E-state index contributed by atoms with van der Waals surface area (Å²) < 4.78 is 4.07. The van der Waals surface area contributed by atoms with Crippen molar-refractivity contribution in [3.63, 3.8) is 0 Å². The summed E-state index contributed by atoms with van der Waals surface area (Å²) in [5.41, 5.74) is 5.45. The van der Waals surface area contributed by atoms with E-state index in [2.05, 4.69) is 15.5 Å². The monoisotopic (exact) mass is 527 g/mol. The zero-order valence-corrected chi connectivity index (χ0v) is 20.6. The molecule has 1 N–H and O–H groups in total. The molecule has 5 rings (SSSR count). The van der Waals surface area contributed by atoms with Gasteiger partial charge in [0.15, 0.2) is 21.1 Å². The Labute approximate surface area is 214 Å². The van der Waals surface area contributed by atoms with Crippen LogP contribution in [0.5, 0.6) is 0 Å². The largest absolute Gasteiger partial charge is 0.276 e. The van der Waals surface area contributed by atoms with Crippen LogP contribution in [0.25, 0.3) is 11.5 Å². The van der Waals surface area contributed by atoms with E-state index >= 15 is 0 Å². The van der Waals surface area contributed by atoms with Gasteiger partial charge in [-0.25, -0.2) is 4.98 Å². The minimum atomic E-state index is 0.445. The van der Waals surface area contributed by atoms with E-state index in [0.717, 1.165) is 5.69 Å². The van der Waals surface area contributed by atoms with Crippen LogP contribution in [0.1, 0.15) is 0 Å². The molecule has 2 aromatic carbocycles. The van der Waals surface area contributed by atoms with Gasteiger partial charge in [-0.3, -0.25) is 24.5 Å². The van der Waals surface area contributed by atoms with Crippen molar-refractivity contribution in [3.05, 3.63) is 103 Å². The summed E-state index contributed by atoms with van der Waals surface area (Å²) in [4.78, 5) is 14.0. The van der Waals surface area contributed by atoms with Crippen LogP contribution in [-0.2, 0) is 0 Å². The van der Waals surface area contributed by atoms with E-state index < -0.39 is 0 Å². The summed E-state index contributed by atoms with van der Waals surface area (Å²) in [5, 5.41) is 6.78. The van der Waals surface area contributed by atoms with Crippen LogP contribution in [0.15, 0.2) is 81.9 Å². The number of hydrogen-bond donors (Lipinski definition) is 1. The maximum absolute atomic E-state index is 6.34. The molecule has 0 aliphatic carbocycles. The lowest BCUT2D eigenvalue weighted by molar-refractivity contribution is 0.744. The number of nitrogens with zero attached hydrogens (tertiary/aromatic N) is 6. The average Bonchev–Trinajstić information content (AvgIpc) is 3.00. The highest BCUT2D eigenvalue weighted by molar-refractivity contribution is 7.71. The van der Waals surface area contributed by atoms with Gasteiger partial charge in [0.05, 0.1) is 29.5 Å². The first kappa shape index (κ1) is 22.7. The molecule has 7 nitrogen and oxygen atoms in total. The average molecular weight is 529 g/mol. The number of pyridine rings is 1. The van der Waals surface area contributed by atoms with Crippen molar-refractivity contribution >= 4 is 52.7 Å². The fraction of sp³-hybridized carbons (Fsp3) is 0.0870. The van der Waals surface area contributed by atoms with Gasteiger partial charge in [0.25, 0.3) is 0 Å². The molecule has 3 heterocycles. The Hall–Kier alpha value is -3.04. The summed E-state index contributed by atoms with van der Waals surface area (Å²) in [6.45, 7) is 0.939. The van der Waals surface area contributed by atoms with Gasteiger partial charge in [-0.2, -0.15) is 5.10 Å². The molecule has 0 spiro atoms. The minimum Gasteiger partial charge on any atom is -0.276 e. The first-order valence-corrected chi connectivity index (χ1v) is 11.8. The number of rotatable bonds is 4. The van der Waals surface area contributed by atoms with Crippen molar-refractivity contribution in [3.8, 4) is 11.5 Å². The van der Waals surface area contributed by atoms with E-state index in [1.54, 1.807) is 41.1 Å². The first-order chi connectivity index (χ1) is 16.5. The molecule has 34 heavy (non-hydrogen) atoms. The second-order valence-electron chi connectivity index (χ2n) is 7.22. The van der Waals surface area contributed by atoms with Crippen molar-refractivity contribution in [1.82, 2.24) is 14.1 Å². The summed E-state index contributed by atoms with van der Waals surface area (Å²) in [5.74, 6) is 0.611. The quantitative estimate of drug-likeness (QED) is 0.312. The molecule has 170 valence electrons. The van der Waals surface area contributed by atoms with Gasteiger partial charge in [-0.15, -0.1) is 0 Å². The molecule has 0 amide bonds. The number of halogens is 3. The number of fused-ring (bicyclic) bond motifs is 2. The fourth-order valence-electron chi connectivity index (χ4n) is 3.51. The van der Waals surface area contributed by atoms with Crippen molar-refractivity contribution in [1.29, 1.82) is 0 Å². The van der Waals surface area contributed by atoms with Crippen LogP contribution < -0.4 is 21.8 Å². The van der Waals surface area contributed by atoms with E-state index in [4.69, 9.17) is 57.0 Å². The number of anilines is 1. The van der Waals surface area contributed by atoms with E-state index in [9.17, 15) is 0 Å². The van der Waals surface area contributed by atoms with Crippen LogP contribution in [0.4, 0.5) is 5.69 Å². The van der Waals surface area contributed by atoms with Crippen LogP contribution >= 0.6 is 47.0 Å². The molecular formula is C23H16Cl3N7S. The van der Waals surface area contributed by atoms with E-state index in [0.29, 0.717) is 60.8 Å². The number of nitrogens with one attached hydrogen (secondary N) is 1. The zero-order valence-electron chi connectivity index (χ0n) is 17.5. The molecule has 2 bridgehead atoms. The van der Waals surface area contributed by atoms with Crippen molar-refractivity contribution in [2.75, 3.05) is 18.5 Å². The molecule has 0 unspecified atom stereocenters. The van der Waals surface area contributed by atoms with Crippen LogP contribution in [0.2, 0.25) is 15.1 Å². The van der Waals surface area contributed by atoms with Gasteiger partial charge in [-0.05, 0) is 66.8 Å². The Bertz CT molecular complexity index is 1630. The predicted molar refractivity (Wildman–Crippen MR) is 136 cm³/mol. The van der Waals surface area contributed by atoms with Crippen LogP contribution in [0, 0.1) is 4.77 Å². The van der Waals surface area contributed by atoms with Crippen molar-refractivity contribution < 1.29 is 0 Å². The molecule has 1 aliphatic rings. The third-order valence-corrected chi connectivity index (χ3v) is 6.21. The Morgan fingerprint density at radius 1 is 0.853 bits per heavy atom. The highest BCUT2D eigenvalue weighted by atomic mass is 35.5. The normalized spacial score (nSPS) is 13.1. The summed E-state index contributed by atoms with van der Waals surface area (Å²) in [6.07, 6.45) is 1.70. The molecule has 0 atom stereocenters. The lowest BCUT2D eigenvalue weighted by atomic mass is 10.3. The van der Waals surface area contributed by atoms with Gasteiger partial charge in [0.1, 0.15) is 5.82 Å². The highest BCUT2D eigenvalue weighted by Gasteiger charge is 2.15. The molecule has 4 aromatic rings. The maximum Gasteiger partial charge on any atom is 0.193 e. The summed E-state index contributed by atoms with van der Waals surface area (Å²) in [6, 6.07) is 18.0. The first-order valence-electron chi connectivity index (χ1n) is 10.2. The molecule has 0 radical (unpaired) electrons. The topological polar surface area (TPSA) is 71.9 Å². The van der Waals surface area contributed by atoms with Crippen molar-refractivity contribution in [2.24, 2.45) is 15.1 Å². The molecule has 1 aliphatic heterocycles. The number of aromatic nitrogens is 3. The highest BCUT2D eigenvalue weighted by Crippen LogP contribution is 2.25. The second kappa shape index (κ2) is 9.68. The standard InChI is InChI=1S/C23H16Cl3N7S/c24-14-4-7-16(8-5-14)32-21-20(31-30-18-13-15(25)6-9-17(18)26)22(29-12-11-28-21)33(23(32)34)19-3-1-2-10-27-19/h1-10,13,30H,11-12H2. The molecule has 0 saturated carbocycles. The molecule has 0 fully saturated rings. The fourth-order valence-corrected chi connectivity index (χ4v) is 4.34. The maximum atomic E-state index is 6.34. The Morgan fingerprint density at radius 3 is 2.26 bits per heavy atom. The molecule has 2 aromatic heterocycles. The SMILES string of the molecule is S=c1n(-c2ccc(Cl)cc2)c2c(=NNc3cc(Cl)ccc3Cl)c(n1-c1ccccn1)=NCCN=2. The van der Waals surface area contributed by atoms with Gasteiger partial charge in [0.2, 0.25) is 0 Å². The Kier molecular flexibility index (Phi) is 6.47. The van der Waals surface area contributed by atoms with Gasteiger partial charge in [-0.1, -0.05) is 40.9 Å². The smallest absolute Gasteiger partial charge is 0.193 e. The van der Waals surface area contributed by atoms with E-state index in [1.807, 2.05) is 34.9 Å². The Morgan fingerprint density at radius 2 is 1.56 bits per heavy atom. The number of hydrogen-bond acceptors (Lipinski definition) is 6. The van der Waals surface area contributed by atoms with Gasteiger partial charge in [0, 0.05) is 16.2 Å². The second-order valence-corrected chi connectivity index (χ2v) is 8.87. The zero-order chi connectivity index (χ0) is 23.7. The predicted octanol–water partition coefficient (Wildman–Crippen LogP) is 4.53. The van der Waals surface area contributed by atoms with Gasteiger partial charge >= 0.3 is 0 Å². The van der Waals surface area contributed by atoms with Gasteiger partial charge < -0.3 is 0 Å². The molecular weight excluding hydrogens is 513 g/mol. The van der Waals surface area contributed by atoms with Crippen LogP contribution in [0.3, 0.4) is 0 Å². The summed E-state index contributed by atoms with van der Waals surface area (Å²) in [7, 11) is 0. The van der Waals surface area contributed by atoms with E-state index in [1.165, 1.54) is 0 Å². The third-order valence-electron chi connectivity index (χ3n) is 5.03. The third kappa shape index (κ3) is 4.37. The number of benzene rings is 2. The van der Waals surface area contributed by atoms with Crippen molar-refractivity contribution in [2.45, 2.75) is 0 Å². The lowest BCUT2D eigenvalue weighted by Gasteiger charge is -2.14.